The molecule has 2 aromatic heterocycles. The van der Waals surface area contributed by atoms with Crippen LogP contribution in [0, 0.1) is 5.92 Å². The predicted octanol–water partition coefficient (Wildman–Crippen LogP) is 1.57. The zero-order valence-corrected chi connectivity index (χ0v) is 21.6. The molecular weight excluding hydrogens is 464 g/mol. The lowest BCUT2D eigenvalue weighted by Gasteiger charge is -2.32. The van der Waals surface area contributed by atoms with Crippen LogP contribution in [0.4, 0.5) is 0 Å². The van der Waals surface area contributed by atoms with Crippen LogP contribution in [0.3, 0.4) is 0 Å². The number of aromatic nitrogens is 3. The number of likely N-dealkylation sites (tertiary alicyclic amines) is 1. The summed E-state index contributed by atoms with van der Waals surface area (Å²) < 4.78 is 5.43. The molecule has 2 atom stereocenters. The molecule has 2 N–H and O–H groups in total. The van der Waals surface area contributed by atoms with Crippen LogP contribution in [-0.2, 0) is 39.0 Å². The molecule has 0 radical (unpaired) electrons. The molecule has 35 heavy (non-hydrogen) atoms. The molecule has 0 bridgehead atoms. The van der Waals surface area contributed by atoms with E-state index in [0.29, 0.717) is 19.8 Å². The van der Waals surface area contributed by atoms with E-state index in [9.17, 15) is 9.59 Å². The normalized spacial score (nSPS) is 22.7. The van der Waals surface area contributed by atoms with E-state index in [1.165, 1.54) is 11.3 Å². The van der Waals surface area contributed by atoms with Gasteiger partial charge in [-0.05, 0) is 24.8 Å². The third-order valence-corrected chi connectivity index (χ3v) is 8.26. The Kier molecular flexibility index (Phi) is 6.63. The fraction of sp³-hybridized carbons (Fsp3) is 0.640. The summed E-state index contributed by atoms with van der Waals surface area (Å²) in [4.78, 5) is 45.0. The number of thiazole rings is 1. The number of morpholine rings is 1. The van der Waals surface area contributed by atoms with Gasteiger partial charge in [0.05, 0.1) is 35.9 Å². The minimum Gasteiger partial charge on any atom is -0.379 e. The molecule has 4 heterocycles. The van der Waals surface area contributed by atoms with E-state index in [2.05, 4.69) is 30.7 Å². The molecule has 2 saturated heterocycles. The molecule has 2 aromatic rings. The molecule has 0 saturated carbocycles. The van der Waals surface area contributed by atoms with Crippen LogP contribution in [-0.4, -0.2) is 82.0 Å². The number of fused-ring (bicyclic) bond motifs is 3. The number of primary amides is 1. The van der Waals surface area contributed by atoms with E-state index in [4.69, 9.17) is 20.4 Å². The molecular formula is C25H34N6O3S. The average Bonchev–Trinajstić information content (AvgIpc) is 3.43. The number of aryl methyl sites for hydroxylation is 2. The molecule has 3 aliphatic rings. The standard InChI is InChI=1S/C25H34N6O3S/c1-25(2,3)24-27-13-15-4-5-17-22(20(15)29-24)35-18(28-17)12-19(32)31-7-6-16(21(31)23(26)33)14-30-8-10-34-11-9-30/h13,16,21H,4-12,14H2,1-3H3,(H2,26,33)/t16-,21-/m0/s1. The van der Waals surface area contributed by atoms with Crippen molar-refractivity contribution in [2.75, 3.05) is 39.4 Å². The van der Waals surface area contributed by atoms with Gasteiger partial charge in [-0.1, -0.05) is 20.8 Å². The van der Waals surface area contributed by atoms with Gasteiger partial charge in [-0.25, -0.2) is 15.0 Å². The van der Waals surface area contributed by atoms with Crippen LogP contribution in [0.1, 0.15) is 49.3 Å². The van der Waals surface area contributed by atoms with Crippen LogP contribution in [0.5, 0.6) is 0 Å². The first kappa shape index (κ1) is 24.3. The van der Waals surface area contributed by atoms with Crippen LogP contribution in [0.2, 0.25) is 0 Å². The van der Waals surface area contributed by atoms with Gasteiger partial charge in [0.2, 0.25) is 11.8 Å². The Morgan fingerprint density at radius 1 is 1.17 bits per heavy atom. The van der Waals surface area contributed by atoms with E-state index < -0.39 is 11.9 Å². The average molecular weight is 499 g/mol. The van der Waals surface area contributed by atoms with Crippen molar-refractivity contribution in [3.63, 3.8) is 0 Å². The van der Waals surface area contributed by atoms with Crippen molar-refractivity contribution in [1.82, 2.24) is 24.8 Å². The lowest BCUT2D eigenvalue weighted by molar-refractivity contribution is -0.137. The van der Waals surface area contributed by atoms with E-state index >= 15 is 0 Å². The minimum atomic E-state index is -0.567. The van der Waals surface area contributed by atoms with Gasteiger partial charge in [0.15, 0.2) is 0 Å². The summed E-state index contributed by atoms with van der Waals surface area (Å²) in [5.41, 5.74) is 8.73. The number of rotatable bonds is 5. The second kappa shape index (κ2) is 9.55. The van der Waals surface area contributed by atoms with Crippen LogP contribution < -0.4 is 5.73 Å². The smallest absolute Gasteiger partial charge is 0.240 e. The number of hydrogen-bond donors (Lipinski definition) is 1. The van der Waals surface area contributed by atoms with E-state index in [1.807, 2.05) is 6.20 Å². The zero-order valence-electron chi connectivity index (χ0n) is 20.7. The van der Waals surface area contributed by atoms with E-state index in [0.717, 1.165) is 71.6 Å². The molecule has 2 amide bonds. The summed E-state index contributed by atoms with van der Waals surface area (Å²) in [6.07, 6.45) is 4.57. The number of nitrogens with zero attached hydrogens (tertiary/aromatic N) is 5. The van der Waals surface area contributed by atoms with Crippen LogP contribution >= 0.6 is 11.3 Å². The highest BCUT2D eigenvalue weighted by Gasteiger charge is 2.41. The van der Waals surface area contributed by atoms with Gasteiger partial charge in [0.1, 0.15) is 16.9 Å². The second-order valence-corrected chi connectivity index (χ2v) is 11.9. The van der Waals surface area contributed by atoms with Gasteiger partial charge in [0, 0.05) is 43.7 Å². The van der Waals surface area contributed by atoms with Gasteiger partial charge in [-0.2, -0.15) is 0 Å². The van der Waals surface area contributed by atoms with Crippen LogP contribution in [0.25, 0.3) is 10.6 Å². The third kappa shape index (κ3) is 4.96. The molecule has 2 aliphatic heterocycles. The fourth-order valence-electron chi connectivity index (χ4n) is 5.29. The number of amides is 2. The molecule has 9 nitrogen and oxygen atoms in total. The second-order valence-electron chi connectivity index (χ2n) is 10.8. The Hall–Kier alpha value is -2.43. The summed E-state index contributed by atoms with van der Waals surface area (Å²) in [7, 11) is 0. The molecule has 188 valence electrons. The van der Waals surface area contributed by atoms with Crippen molar-refractivity contribution >= 4 is 23.2 Å². The van der Waals surface area contributed by atoms with Gasteiger partial charge in [-0.3, -0.25) is 14.5 Å². The van der Waals surface area contributed by atoms with E-state index in [1.54, 1.807) is 4.90 Å². The number of carbonyl (C=O) groups is 2. The third-order valence-electron chi connectivity index (χ3n) is 7.16. The van der Waals surface area contributed by atoms with Gasteiger partial charge in [-0.15, -0.1) is 11.3 Å². The lowest BCUT2D eigenvalue weighted by atomic mass is 9.94. The summed E-state index contributed by atoms with van der Waals surface area (Å²) in [6.45, 7) is 10.7. The molecule has 1 aliphatic carbocycles. The fourth-order valence-corrected chi connectivity index (χ4v) is 6.42. The SMILES string of the molecule is CC(C)(C)c1ncc2c(n1)-c1sc(CC(=O)N3CC[C@@H](CN4CCOCC4)[C@H]3C(N)=O)nc1CC2. The van der Waals surface area contributed by atoms with Crippen molar-refractivity contribution in [3.8, 4) is 10.6 Å². The Morgan fingerprint density at radius 3 is 2.66 bits per heavy atom. The maximum atomic E-state index is 13.3. The maximum Gasteiger partial charge on any atom is 0.240 e. The zero-order chi connectivity index (χ0) is 24.7. The number of hydrogen-bond acceptors (Lipinski definition) is 8. The lowest BCUT2D eigenvalue weighted by Crippen LogP contribution is -2.50. The van der Waals surface area contributed by atoms with Crippen molar-refractivity contribution in [2.24, 2.45) is 11.7 Å². The summed E-state index contributed by atoms with van der Waals surface area (Å²) in [6, 6.07) is -0.567. The monoisotopic (exact) mass is 498 g/mol. The van der Waals surface area contributed by atoms with Crippen molar-refractivity contribution in [1.29, 1.82) is 0 Å². The molecule has 2 fully saturated rings. The van der Waals surface area contributed by atoms with E-state index in [-0.39, 0.29) is 23.7 Å². The highest BCUT2D eigenvalue weighted by Crippen LogP contribution is 2.38. The first-order valence-electron chi connectivity index (χ1n) is 12.4. The Labute approximate surface area is 210 Å². The summed E-state index contributed by atoms with van der Waals surface area (Å²) in [5, 5.41) is 0.767. The number of ether oxygens (including phenoxy) is 1. The number of carbonyl (C=O) groups excluding carboxylic acids is 2. The maximum absolute atomic E-state index is 13.3. The van der Waals surface area contributed by atoms with Crippen molar-refractivity contribution in [2.45, 2.75) is 57.9 Å². The van der Waals surface area contributed by atoms with Gasteiger partial charge >= 0.3 is 0 Å². The quantitative estimate of drug-likeness (QED) is 0.665. The Balaban J connectivity index is 1.32. The molecule has 0 aromatic carbocycles. The molecule has 0 spiro atoms. The topological polar surface area (TPSA) is 115 Å². The van der Waals surface area contributed by atoms with Gasteiger partial charge < -0.3 is 15.4 Å². The Bertz CT molecular complexity index is 1120. The first-order valence-corrected chi connectivity index (χ1v) is 13.3. The molecule has 10 heteroatoms. The minimum absolute atomic E-state index is 0.0541. The molecule has 5 rings (SSSR count). The van der Waals surface area contributed by atoms with Crippen LogP contribution in [0.15, 0.2) is 6.20 Å². The first-order chi connectivity index (χ1) is 16.7. The highest BCUT2D eigenvalue weighted by atomic mass is 32.1. The van der Waals surface area contributed by atoms with Crippen molar-refractivity contribution < 1.29 is 14.3 Å². The van der Waals surface area contributed by atoms with Crippen molar-refractivity contribution in [3.05, 3.63) is 28.3 Å². The molecule has 0 unspecified atom stereocenters. The summed E-state index contributed by atoms with van der Waals surface area (Å²) in [5.74, 6) is 0.358. The summed E-state index contributed by atoms with van der Waals surface area (Å²) >= 11 is 1.54. The highest BCUT2D eigenvalue weighted by molar-refractivity contribution is 7.15. The largest absolute Gasteiger partial charge is 0.379 e. The Morgan fingerprint density at radius 2 is 1.94 bits per heavy atom. The number of nitrogens with two attached hydrogens (primary N) is 1. The predicted molar refractivity (Wildman–Crippen MR) is 133 cm³/mol. The van der Waals surface area contributed by atoms with Gasteiger partial charge in [0.25, 0.3) is 0 Å².